The maximum absolute atomic E-state index is 12.7. The number of aliphatic imine (C=N–C) groups is 1. The van der Waals surface area contributed by atoms with Crippen molar-refractivity contribution >= 4 is 29.0 Å². The number of nitro groups is 1. The summed E-state index contributed by atoms with van der Waals surface area (Å²) in [5, 5.41) is 26.1. The molecule has 0 unspecified atom stereocenters. The van der Waals surface area contributed by atoms with Crippen LogP contribution in [0.3, 0.4) is 0 Å². The Morgan fingerprint density at radius 1 is 1.09 bits per heavy atom. The van der Waals surface area contributed by atoms with Gasteiger partial charge in [-0.25, -0.2) is 4.99 Å². The Morgan fingerprint density at radius 2 is 1.85 bits per heavy atom. The molecule has 0 fully saturated rings. The molecule has 0 atom stereocenters. The molecule has 9 nitrogen and oxygen atoms in total. The van der Waals surface area contributed by atoms with Crippen LogP contribution in [0.15, 0.2) is 59.1 Å². The van der Waals surface area contributed by atoms with Crippen molar-refractivity contribution in [1.29, 1.82) is 5.26 Å². The third-order valence-electron chi connectivity index (χ3n) is 5.10. The van der Waals surface area contributed by atoms with E-state index in [4.69, 9.17) is 0 Å². The highest BCUT2D eigenvalue weighted by Gasteiger charge is 2.27. The van der Waals surface area contributed by atoms with E-state index < -0.39 is 16.7 Å². The lowest BCUT2D eigenvalue weighted by atomic mass is 10.0. The molecule has 0 aromatic heterocycles. The van der Waals surface area contributed by atoms with Crippen molar-refractivity contribution in [1.82, 2.24) is 10.6 Å². The first-order valence-corrected chi connectivity index (χ1v) is 10.6. The number of unbranched alkanes of at least 4 members (excludes halogenated alkanes) is 3. The normalized spacial score (nSPS) is 13.4. The number of amidine groups is 1. The third kappa shape index (κ3) is 5.49. The standard InChI is InChI=1S/C24H23N5O4/c1-2-3-4-7-13-26-24(31)20(15-25)21-18-11-5-6-12-19(18)22(27-21)28-23(30)16-9-8-10-17(14-16)29(32)33/h5-6,8-12,14H,2-4,7,13H2,1H3,(H,26,31)(H,27,28,30). The number of benzene rings is 2. The van der Waals surface area contributed by atoms with Gasteiger partial charge in [0.25, 0.3) is 17.5 Å². The van der Waals surface area contributed by atoms with Crippen molar-refractivity contribution in [3.8, 4) is 6.07 Å². The van der Waals surface area contributed by atoms with Crippen molar-refractivity contribution in [2.24, 2.45) is 4.99 Å². The molecule has 0 aliphatic carbocycles. The Balaban J connectivity index is 1.87. The lowest BCUT2D eigenvalue weighted by molar-refractivity contribution is -0.384. The molecule has 2 N–H and O–H groups in total. The van der Waals surface area contributed by atoms with Crippen molar-refractivity contribution in [3.05, 3.63) is 80.9 Å². The van der Waals surface area contributed by atoms with E-state index in [-0.39, 0.29) is 28.4 Å². The summed E-state index contributed by atoms with van der Waals surface area (Å²) >= 11 is 0. The maximum atomic E-state index is 12.7. The smallest absolute Gasteiger partial charge is 0.270 e. The second kappa shape index (κ2) is 10.8. The minimum atomic E-state index is -0.590. The van der Waals surface area contributed by atoms with Crippen LogP contribution in [0, 0.1) is 21.4 Å². The van der Waals surface area contributed by atoms with E-state index in [2.05, 4.69) is 22.5 Å². The number of hydrogen-bond acceptors (Lipinski definition) is 6. The van der Waals surface area contributed by atoms with Gasteiger partial charge in [-0.3, -0.25) is 19.7 Å². The lowest BCUT2D eigenvalue weighted by Gasteiger charge is -2.06. The number of carbonyl (C=O) groups excluding carboxylic acids is 2. The molecular weight excluding hydrogens is 422 g/mol. The molecule has 1 aliphatic rings. The second-order valence-electron chi connectivity index (χ2n) is 7.42. The number of nitrogens with one attached hydrogen (secondary N) is 2. The van der Waals surface area contributed by atoms with Gasteiger partial charge < -0.3 is 10.6 Å². The van der Waals surface area contributed by atoms with Gasteiger partial charge in [0, 0.05) is 35.4 Å². The van der Waals surface area contributed by atoms with E-state index >= 15 is 0 Å². The fourth-order valence-corrected chi connectivity index (χ4v) is 3.41. The van der Waals surface area contributed by atoms with Gasteiger partial charge in [0.15, 0.2) is 0 Å². The zero-order valence-corrected chi connectivity index (χ0v) is 18.1. The number of hydrogen-bond donors (Lipinski definition) is 2. The topological polar surface area (TPSA) is 137 Å². The van der Waals surface area contributed by atoms with E-state index in [1.54, 1.807) is 24.3 Å². The molecule has 2 amide bonds. The van der Waals surface area contributed by atoms with Crippen LogP contribution in [0.5, 0.6) is 0 Å². The molecule has 3 rings (SSSR count). The van der Waals surface area contributed by atoms with Crippen molar-refractivity contribution in [3.63, 3.8) is 0 Å². The number of nitro benzene ring substituents is 1. The molecule has 168 valence electrons. The molecule has 0 radical (unpaired) electrons. The Labute approximate surface area is 191 Å². The van der Waals surface area contributed by atoms with Crippen LogP contribution in [-0.2, 0) is 4.79 Å². The molecule has 33 heavy (non-hydrogen) atoms. The van der Waals surface area contributed by atoms with Crippen LogP contribution in [0.1, 0.15) is 54.1 Å². The number of non-ortho nitro benzene ring substituents is 1. The SMILES string of the molecule is CCCCCCNC(=O)C(C#N)=C1N=C(NC(=O)c2cccc([N+](=O)[O-])c2)c2ccccc21. The molecule has 0 saturated heterocycles. The molecule has 9 heteroatoms. The van der Waals surface area contributed by atoms with Crippen LogP contribution in [0.4, 0.5) is 5.69 Å². The average molecular weight is 445 g/mol. The van der Waals surface area contributed by atoms with Crippen LogP contribution < -0.4 is 10.6 Å². The van der Waals surface area contributed by atoms with Gasteiger partial charge in [-0.1, -0.05) is 56.5 Å². The first kappa shape index (κ1) is 23.3. The first-order valence-electron chi connectivity index (χ1n) is 10.6. The molecule has 0 saturated carbocycles. The Kier molecular flexibility index (Phi) is 7.65. The Morgan fingerprint density at radius 3 is 2.55 bits per heavy atom. The quantitative estimate of drug-likeness (QED) is 0.210. The molecule has 1 heterocycles. The van der Waals surface area contributed by atoms with E-state index in [1.165, 1.54) is 24.3 Å². The van der Waals surface area contributed by atoms with Crippen LogP contribution in [0.2, 0.25) is 0 Å². The van der Waals surface area contributed by atoms with E-state index in [9.17, 15) is 25.0 Å². The molecule has 0 bridgehead atoms. The summed E-state index contributed by atoms with van der Waals surface area (Å²) in [4.78, 5) is 40.2. The molecule has 0 spiro atoms. The monoisotopic (exact) mass is 445 g/mol. The largest absolute Gasteiger partial charge is 0.351 e. The van der Waals surface area contributed by atoms with Crippen LogP contribution >= 0.6 is 0 Å². The number of carbonyl (C=O) groups is 2. The summed E-state index contributed by atoms with van der Waals surface area (Å²) in [6.07, 6.45) is 3.97. The van der Waals surface area contributed by atoms with E-state index in [0.717, 1.165) is 25.7 Å². The summed E-state index contributed by atoms with van der Waals surface area (Å²) in [7, 11) is 0. The second-order valence-corrected chi connectivity index (χ2v) is 7.42. The van der Waals surface area contributed by atoms with Crippen molar-refractivity contribution < 1.29 is 14.5 Å². The summed E-state index contributed by atoms with van der Waals surface area (Å²) < 4.78 is 0. The van der Waals surface area contributed by atoms with Gasteiger partial charge >= 0.3 is 0 Å². The first-order chi connectivity index (χ1) is 16.0. The van der Waals surface area contributed by atoms with Gasteiger partial charge in [0.1, 0.15) is 17.5 Å². The lowest BCUT2D eigenvalue weighted by Crippen LogP contribution is -2.30. The predicted molar refractivity (Wildman–Crippen MR) is 123 cm³/mol. The minimum absolute atomic E-state index is 0.0899. The number of nitriles is 1. The highest BCUT2D eigenvalue weighted by molar-refractivity contribution is 6.20. The summed E-state index contributed by atoms with van der Waals surface area (Å²) in [6, 6.07) is 14.2. The minimum Gasteiger partial charge on any atom is -0.351 e. The van der Waals surface area contributed by atoms with Crippen molar-refractivity contribution in [2.45, 2.75) is 32.6 Å². The Bertz CT molecular complexity index is 1190. The summed E-state index contributed by atoms with van der Waals surface area (Å²) in [6.45, 7) is 2.56. The van der Waals surface area contributed by atoms with Crippen LogP contribution in [0.25, 0.3) is 5.70 Å². The van der Waals surface area contributed by atoms with Gasteiger partial charge in [-0.15, -0.1) is 0 Å². The van der Waals surface area contributed by atoms with Crippen LogP contribution in [-0.4, -0.2) is 29.1 Å². The summed E-state index contributed by atoms with van der Waals surface area (Å²) in [5.74, 6) is -0.943. The fraction of sp³-hybridized carbons (Fsp3) is 0.250. The van der Waals surface area contributed by atoms with Crippen molar-refractivity contribution in [2.75, 3.05) is 6.54 Å². The number of amides is 2. The molecule has 1 aliphatic heterocycles. The number of rotatable bonds is 8. The number of nitrogens with zero attached hydrogens (tertiary/aromatic N) is 3. The Hall–Kier alpha value is -4.32. The zero-order valence-electron chi connectivity index (χ0n) is 18.1. The van der Waals surface area contributed by atoms with Gasteiger partial charge in [-0.05, 0) is 12.5 Å². The number of fused-ring (bicyclic) bond motifs is 1. The molecule has 2 aromatic rings. The highest BCUT2D eigenvalue weighted by atomic mass is 16.6. The average Bonchev–Trinajstić information content (AvgIpc) is 3.17. The molecular formula is C24H23N5O4. The van der Waals surface area contributed by atoms with Gasteiger partial charge in [-0.2, -0.15) is 5.26 Å². The fourth-order valence-electron chi connectivity index (χ4n) is 3.41. The third-order valence-corrected chi connectivity index (χ3v) is 5.10. The zero-order chi connectivity index (χ0) is 23.8. The summed E-state index contributed by atoms with van der Waals surface area (Å²) in [5.41, 5.74) is 1.01. The van der Waals surface area contributed by atoms with E-state index in [1.807, 2.05) is 6.07 Å². The molecule has 2 aromatic carbocycles. The predicted octanol–water partition coefficient (Wildman–Crippen LogP) is 3.72. The van der Waals surface area contributed by atoms with Gasteiger partial charge in [0.2, 0.25) is 0 Å². The maximum Gasteiger partial charge on any atom is 0.270 e. The van der Waals surface area contributed by atoms with E-state index in [0.29, 0.717) is 17.7 Å². The van der Waals surface area contributed by atoms with Gasteiger partial charge in [0.05, 0.1) is 10.6 Å². The highest BCUT2D eigenvalue weighted by Crippen LogP contribution is 2.30.